The molecule has 1 atom stereocenters. The summed E-state index contributed by atoms with van der Waals surface area (Å²) < 4.78 is 0. The Labute approximate surface area is 93.3 Å². The van der Waals surface area contributed by atoms with Gasteiger partial charge in [0.1, 0.15) is 5.75 Å². The highest BCUT2D eigenvalue weighted by Gasteiger charge is 2.21. The molecule has 4 heteroatoms. The SMILES string of the molecule is N#Cc1cc(Cl)c(O)c([C@@H]2CCCN2)c1. The summed E-state index contributed by atoms with van der Waals surface area (Å²) in [5, 5.41) is 22.1. The predicted octanol–water partition coefficient (Wildman–Crippen LogP) is 2.34. The molecule has 0 spiro atoms. The van der Waals surface area contributed by atoms with Crippen LogP contribution in [0.3, 0.4) is 0 Å². The second kappa shape index (κ2) is 4.09. The Morgan fingerprint density at radius 1 is 1.53 bits per heavy atom. The normalized spacial score (nSPS) is 20.1. The molecule has 0 aromatic heterocycles. The minimum atomic E-state index is 0.0927. The summed E-state index contributed by atoms with van der Waals surface area (Å²) in [6, 6.07) is 5.34. The molecule has 2 N–H and O–H groups in total. The Kier molecular flexibility index (Phi) is 2.81. The average molecular weight is 223 g/mol. The van der Waals surface area contributed by atoms with Crippen LogP contribution >= 0.6 is 11.6 Å². The predicted molar refractivity (Wildman–Crippen MR) is 57.8 cm³/mol. The molecule has 0 saturated carbocycles. The number of rotatable bonds is 1. The van der Waals surface area contributed by atoms with Gasteiger partial charge < -0.3 is 10.4 Å². The first-order valence-electron chi connectivity index (χ1n) is 4.88. The van der Waals surface area contributed by atoms with E-state index < -0.39 is 0 Å². The van der Waals surface area contributed by atoms with Gasteiger partial charge in [0.15, 0.2) is 0 Å². The number of nitrogens with one attached hydrogen (secondary N) is 1. The zero-order valence-corrected chi connectivity index (χ0v) is 8.88. The van der Waals surface area contributed by atoms with E-state index in [0.717, 1.165) is 24.9 Å². The molecule has 1 fully saturated rings. The van der Waals surface area contributed by atoms with Crippen molar-refractivity contribution in [3.05, 3.63) is 28.3 Å². The van der Waals surface area contributed by atoms with Crippen molar-refractivity contribution in [2.75, 3.05) is 6.54 Å². The Morgan fingerprint density at radius 2 is 2.33 bits per heavy atom. The van der Waals surface area contributed by atoms with Crippen LogP contribution in [0.4, 0.5) is 0 Å². The molecule has 1 aliphatic heterocycles. The van der Waals surface area contributed by atoms with Gasteiger partial charge in [0, 0.05) is 11.6 Å². The first-order valence-corrected chi connectivity index (χ1v) is 5.26. The van der Waals surface area contributed by atoms with Crippen LogP contribution in [0.25, 0.3) is 0 Å². The van der Waals surface area contributed by atoms with Gasteiger partial charge in [-0.15, -0.1) is 0 Å². The first-order chi connectivity index (χ1) is 7.22. The molecule has 1 aromatic rings. The van der Waals surface area contributed by atoms with Crippen molar-refractivity contribution >= 4 is 11.6 Å². The van der Waals surface area contributed by atoms with Crippen molar-refractivity contribution in [3.8, 4) is 11.8 Å². The molecule has 3 nitrogen and oxygen atoms in total. The zero-order valence-electron chi connectivity index (χ0n) is 8.13. The van der Waals surface area contributed by atoms with Crippen molar-refractivity contribution in [1.29, 1.82) is 5.26 Å². The van der Waals surface area contributed by atoms with E-state index in [4.69, 9.17) is 16.9 Å². The fourth-order valence-electron chi connectivity index (χ4n) is 1.90. The summed E-state index contributed by atoms with van der Waals surface area (Å²) in [5.41, 5.74) is 1.22. The molecule has 2 rings (SSSR count). The van der Waals surface area contributed by atoms with E-state index in [2.05, 4.69) is 5.32 Å². The van der Waals surface area contributed by atoms with Gasteiger partial charge in [0.25, 0.3) is 0 Å². The van der Waals surface area contributed by atoms with Crippen molar-refractivity contribution < 1.29 is 5.11 Å². The van der Waals surface area contributed by atoms with Crippen LogP contribution in [0.5, 0.6) is 5.75 Å². The lowest BCUT2D eigenvalue weighted by molar-refractivity contribution is 0.457. The largest absolute Gasteiger partial charge is 0.506 e. The van der Waals surface area contributed by atoms with E-state index in [0.29, 0.717) is 5.56 Å². The number of benzene rings is 1. The molecule has 1 aliphatic rings. The van der Waals surface area contributed by atoms with Crippen LogP contribution in [0.2, 0.25) is 5.02 Å². The summed E-state index contributed by atoms with van der Waals surface area (Å²) >= 11 is 5.85. The van der Waals surface area contributed by atoms with Crippen LogP contribution < -0.4 is 5.32 Å². The number of phenolic OH excluding ortho intramolecular Hbond substituents is 1. The topological polar surface area (TPSA) is 56.0 Å². The fourth-order valence-corrected chi connectivity index (χ4v) is 2.13. The van der Waals surface area contributed by atoms with E-state index >= 15 is 0 Å². The number of nitrogens with zero attached hydrogens (tertiary/aromatic N) is 1. The third kappa shape index (κ3) is 1.92. The summed E-state index contributed by atoms with van der Waals surface area (Å²) in [5.74, 6) is 0.0927. The standard InChI is InChI=1S/C11H11ClN2O/c12-9-5-7(6-13)4-8(11(9)15)10-2-1-3-14-10/h4-5,10,14-15H,1-3H2/t10-/m0/s1. The Balaban J connectivity index is 2.45. The van der Waals surface area contributed by atoms with E-state index in [9.17, 15) is 5.11 Å². The Bertz CT molecular complexity index is 419. The average Bonchev–Trinajstić information content (AvgIpc) is 2.75. The highest BCUT2D eigenvalue weighted by atomic mass is 35.5. The maximum Gasteiger partial charge on any atom is 0.139 e. The molecular formula is C11H11ClN2O. The molecule has 1 aromatic carbocycles. The van der Waals surface area contributed by atoms with Crippen molar-refractivity contribution in [2.24, 2.45) is 0 Å². The van der Waals surface area contributed by atoms with Gasteiger partial charge in [-0.3, -0.25) is 0 Å². The van der Waals surface area contributed by atoms with Crippen LogP contribution in [0, 0.1) is 11.3 Å². The Morgan fingerprint density at radius 3 is 2.93 bits per heavy atom. The van der Waals surface area contributed by atoms with Crippen LogP contribution in [0.1, 0.15) is 30.0 Å². The molecule has 0 bridgehead atoms. The summed E-state index contributed by atoms with van der Waals surface area (Å²) in [7, 11) is 0. The van der Waals surface area contributed by atoms with Crippen LogP contribution in [-0.2, 0) is 0 Å². The minimum Gasteiger partial charge on any atom is -0.506 e. The monoisotopic (exact) mass is 222 g/mol. The van der Waals surface area contributed by atoms with Gasteiger partial charge in [-0.1, -0.05) is 11.6 Å². The molecule has 15 heavy (non-hydrogen) atoms. The van der Waals surface area contributed by atoms with Crippen molar-refractivity contribution in [3.63, 3.8) is 0 Å². The maximum absolute atomic E-state index is 9.80. The third-order valence-electron chi connectivity index (χ3n) is 2.66. The second-order valence-electron chi connectivity index (χ2n) is 3.66. The molecule has 0 amide bonds. The zero-order chi connectivity index (χ0) is 10.8. The smallest absolute Gasteiger partial charge is 0.139 e. The number of halogens is 1. The lowest BCUT2D eigenvalue weighted by Crippen LogP contribution is -2.13. The first kappa shape index (κ1) is 10.3. The molecule has 0 unspecified atom stereocenters. The number of hydrogen-bond acceptors (Lipinski definition) is 3. The van der Waals surface area contributed by atoms with Crippen molar-refractivity contribution in [1.82, 2.24) is 5.32 Å². The lowest BCUT2D eigenvalue weighted by Gasteiger charge is -2.13. The number of phenols is 1. The van der Waals surface area contributed by atoms with E-state index in [1.807, 2.05) is 6.07 Å². The maximum atomic E-state index is 9.80. The highest BCUT2D eigenvalue weighted by Crippen LogP contribution is 2.36. The van der Waals surface area contributed by atoms with Gasteiger partial charge in [-0.2, -0.15) is 5.26 Å². The van der Waals surface area contributed by atoms with E-state index in [1.165, 1.54) is 6.07 Å². The van der Waals surface area contributed by atoms with Crippen LogP contribution in [0.15, 0.2) is 12.1 Å². The number of hydrogen-bond donors (Lipinski definition) is 2. The third-order valence-corrected chi connectivity index (χ3v) is 2.95. The van der Waals surface area contributed by atoms with Gasteiger partial charge in [0.05, 0.1) is 16.7 Å². The fraction of sp³-hybridized carbons (Fsp3) is 0.364. The summed E-state index contributed by atoms with van der Waals surface area (Å²) in [6.45, 7) is 0.943. The highest BCUT2D eigenvalue weighted by molar-refractivity contribution is 6.32. The number of nitriles is 1. The van der Waals surface area contributed by atoms with Gasteiger partial charge in [-0.05, 0) is 31.5 Å². The van der Waals surface area contributed by atoms with Gasteiger partial charge in [0.2, 0.25) is 0 Å². The number of aromatic hydroxyl groups is 1. The quantitative estimate of drug-likeness (QED) is 0.767. The van der Waals surface area contributed by atoms with Gasteiger partial charge >= 0.3 is 0 Å². The van der Waals surface area contributed by atoms with E-state index in [-0.39, 0.29) is 16.8 Å². The Hall–Kier alpha value is -1.24. The molecule has 1 saturated heterocycles. The second-order valence-corrected chi connectivity index (χ2v) is 4.06. The van der Waals surface area contributed by atoms with Crippen LogP contribution in [-0.4, -0.2) is 11.7 Å². The molecule has 1 heterocycles. The van der Waals surface area contributed by atoms with Gasteiger partial charge in [-0.25, -0.2) is 0 Å². The lowest BCUT2D eigenvalue weighted by atomic mass is 10.0. The van der Waals surface area contributed by atoms with E-state index in [1.54, 1.807) is 6.07 Å². The van der Waals surface area contributed by atoms with Crippen molar-refractivity contribution in [2.45, 2.75) is 18.9 Å². The molecular weight excluding hydrogens is 212 g/mol. The summed E-state index contributed by atoms with van der Waals surface area (Å²) in [6.07, 6.45) is 2.05. The summed E-state index contributed by atoms with van der Waals surface area (Å²) in [4.78, 5) is 0. The molecule has 0 radical (unpaired) electrons. The minimum absolute atomic E-state index is 0.0927. The molecule has 0 aliphatic carbocycles. The molecule has 78 valence electrons.